The molecule has 0 saturated carbocycles. The minimum Gasteiger partial charge on any atom is -0.388 e. The number of hydrogen-bond donors (Lipinski definition) is 1. The number of ether oxygens (including phenoxy) is 2. The number of rotatable bonds is 2. The molecule has 2 rings (SSSR count). The molecule has 5 atom stereocenters. The van der Waals surface area contributed by atoms with Gasteiger partial charge in [-0.25, -0.2) is 4.21 Å². The van der Waals surface area contributed by atoms with Crippen LogP contribution in [0, 0.1) is 0 Å². The number of aliphatic hydroxyl groups is 1. The van der Waals surface area contributed by atoms with Gasteiger partial charge in [0.1, 0.15) is 24.4 Å². The van der Waals surface area contributed by atoms with Gasteiger partial charge in [-0.05, 0) is 0 Å². The van der Waals surface area contributed by atoms with Crippen LogP contribution in [-0.4, -0.2) is 53.2 Å². The van der Waals surface area contributed by atoms with Crippen LogP contribution in [0.5, 0.6) is 0 Å². The second-order valence-corrected chi connectivity index (χ2v) is 4.19. The molecule has 0 aromatic rings. The van der Waals surface area contributed by atoms with Gasteiger partial charge in [0.2, 0.25) is 0 Å². The highest BCUT2D eigenvalue weighted by molar-refractivity contribution is 7.79. The second kappa shape index (κ2) is 3.62. The predicted octanol–water partition coefficient (Wildman–Crippen LogP) is -1.18. The predicted molar refractivity (Wildman–Crippen MR) is 44.4 cm³/mol. The topological polar surface area (TPSA) is 65.0 Å². The average molecular weight is 208 g/mol. The van der Waals surface area contributed by atoms with Crippen LogP contribution in [0.1, 0.15) is 0 Å². The minimum atomic E-state index is -1.32. The Morgan fingerprint density at radius 2 is 2.08 bits per heavy atom. The number of aliphatic hydroxyl groups excluding tert-OH is 1. The first-order valence-corrected chi connectivity index (χ1v) is 5.58. The van der Waals surface area contributed by atoms with E-state index >= 15 is 0 Å². The Hall–Kier alpha value is -0.0100. The lowest BCUT2D eigenvalue weighted by atomic mass is 10.1. The molecule has 2 heterocycles. The van der Waals surface area contributed by atoms with Crippen molar-refractivity contribution in [2.75, 3.05) is 19.5 Å². The van der Waals surface area contributed by atoms with Crippen molar-refractivity contribution < 1.29 is 23.0 Å². The number of hydrogen-bond acceptors (Lipinski definition) is 5. The maximum absolute atomic E-state index is 10.8. The second-order valence-electron chi connectivity index (χ2n) is 3.20. The lowest BCUT2D eigenvalue weighted by Crippen LogP contribution is -2.33. The van der Waals surface area contributed by atoms with Crippen LogP contribution in [-0.2, 0) is 24.7 Å². The molecule has 0 amide bonds. The van der Waals surface area contributed by atoms with E-state index in [-0.39, 0.29) is 24.9 Å². The van der Waals surface area contributed by atoms with Gasteiger partial charge in [-0.1, -0.05) is 0 Å². The molecule has 1 N–H and O–H groups in total. The summed E-state index contributed by atoms with van der Waals surface area (Å²) in [7, 11) is 0. The highest BCUT2D eigenvalue weighted by Crippen LogP contribution is 2.28. The van der Waals surface area contributed by atoms with Crippen molar-refractivity contribution in [2.45, 2.75) is 24.4 Å². The normalized spacial score (nSPS) is 46.3. The zero-order valence-corrected chi connectivity index (χ0v) is 8.03. The molecular formula is C7H12O5S. The van der Waals surface area contributed by atoms with Crippen molar-refractivity contribution in [3.63, 3.8) is 0 Å². The van der Waals surface area contributed by atoms with E-state index in [0.29, 0.717) is 6.61 Å². The highest BCUT2D eigenvalue weighted by Gasteiger charge is 2.48. The average Bonchev–Trinajstić information content (AvgIpc) is 2.56. The summed E-state index contributed by atoms with van der Waals surface area (Å²) in [6, 6.07) is 0. The van der Waals surface area contributed by atoms with E-state index in [1.165, 1.54) is 6.26 Å². The van der Waals surface area contributed by atoms with Crippen LogP contribution in [0.4, 0.5) is 0 Å². The van der Waals surface area contributed by atoms with Crippen LogP contribution in [0.15, 0.2) is 0 Å². The molecule has 0 aromatic carbocycles. The van der Waals surface area contributed by atoms with Crippen molar-refractivity contribution in [2.24, 2.45) is 0 Å². The van der Waals surface area contributed by atoms with Crippen LogP contribution < -0.4 is 0 Å². The molecule has 1 unspecified atom stereocenters. The van der Waals surface area contributed by atoms with Crippen molar-refractivity contribution >= 4 is 11.1 Å². The van der Waals surface area contributed by atoms with Crippen LogP contribution in [0.2, 0.25) is 0 Å². The highest BCUT2D eigenvalue weighted by atomic mass is 32.2. The molecule has 0 spiro atoms. The molecular weight excluding hydrogens is 196 g/mol. The summed E-state index contributed by atoms with van der Waals surface area (Å²) >= 11 is -1.32. The molecule has 2 aliphatic rings. The Labute approximate surface area is 78.6 Å². The zero-order chi connectivity index (χ0) is 9.42. The summed E-state index contributed by atoms with van der Waals surface area (Å²) in [6.45, 7) is 0.609. The van der Waals surface area contributed by atoms with E-state index in [2.05, 4.69) is 0 Å². The zero-order valence-electron chi connectivity index (χ0n) is 7.21. The first kappa shape index (κ1) is 9.54. The summed E-state index contributed by atoms with van der Waals surface area (Å²) in [5.41, 5.74) is 0. The van der Waals surface area contributed by atoms with Crippen molar-refractivity contribution in [3.05, 3.63) is 0 Å². The third kappa shape index (κ3) is 1.77. The fourth-order valence-corrected chi connectivity index (χ4v) is 2.21. The van der Waals surface area contributed by atoms with Crippen molar-refractivity contribution in [1.82, 2.24) is 0 Å². The summed E-state index contributed by atoms with van der Waals surface area (Å²) in [6.07, 6.45) is -0.0112. The van der Waals surface area contributed by atoms with Crippen molar-refractivity contribution in [3.8, 4) is 0 Å². The Balaban J connectivity index is 1.98. The summed E-state index contributed by atoms with van der Waals surface area (Å²) in [4.78, 5) is 0. The van der Waals surface area contributed by atoms with Gasteiger partial charge >= 0.3 is 0 Å². The first-order valence-electron chi connectivity index (χ1n) is 4.10. The quantitative estimate of drug-likeness (QED) is 0.619. The third-order valence-corrected chi connectivity index (χ3v) is 2.76. The molecule has 0 radical (unpaired) electrons. The SMILES string of the molecule is CS(=O)O[C@H]1CO[C@H]2[C@@H]1OC[C@H]2O. The molecule has 2 fully saturated rings. The molecule has 13 heavy (non-hydrogen) atoms. The summed E-state index contributed by atoms with van der Waals surface area (Å²) in [5.74, 6) is 0. The Morgan fingerprint density at radius 3 is 2.77 bits per heavy atom. The molecule has 2 aliphatic heterocycles. The molecule has 0 aliphatic carbocycles. The number of fused-ring (bicyclic) bond motifs is 1. The monoisotopic (exact) mass is 208 g/mol. The minimum absolute atomic E-state index is 0.265. The maximum atomic E-state index is 10.8. The smallest absolute Gasteiger partial charge is 0.152 e. The maximum Gasteiger partial charge on any atom is 0.152 e. The van der Waals surface area contributed by atoms with Gasteiger partial charge in [-0.2, -0.15) is 0 Å². The van der Waals surface area contributed by atoms with Crippen LogP contribution in [0.3, 0.4) is 0 Å². The first-order chi connectivity index (χ1) is 6.18. The van der Waals surface area contributed by atoms with Crippen molar-refractivity contribution in [1.29, 1.82) is 0 Å². The van der Waals surface area contributed by atoms with E-state index < -0.39 is 17.2 Å². The van der Waals surface area contributed by atoms with Gasteiger partial charge in [0, 0.05) is 6.26 Å². The van der Waals surface area contributed by atoms with Gasteiger partial charge in [-0.3, -0.25) is 4.18 Å². The lowest BCUT2D eigenvalue weighted by Gasteiger charge is -2.13. The van der Waals surface area contributed by atoms with E-state index in [4.69, 9.17) is 13.7 Å². The van der Waals surface area contributed by atoms with Gasteiger partial charge < -0.3 is 14.6 Å². The molecule has 5 nitrogen and oxygen atoms in total. The van der Waals surface area contributed by atoms with Gasteiger partial charge in [0.15, 0.2) is 11.1 Å². The van der Waals surface area contributed by atoms with E-state index in [1.807, 2.05) is 0 Å². The van der Waals surface area contributed by atoms with E-state index in [0.717, 1.165) is 0 Å². The summed E-state index contributed by atoms with van der Waals surface area (Å²) < 4.78 is 26.4. The van der Waals surface area contributed by atoms with Crippen LogP contribution in [0.25, 0.3) is 0 Å². The third-order valence-electron chi connectivity index (χ3n) is 2.24. The van der Waals surface area contributed by atoms with E-state index in [1.54, 1.807) is 0 Å². The molecule has 6 heteroatoms. The molecule has 0 bridgehead atoms. The standard InChI is InChI=1S/C7H12O5S/c1-13(9)12-5-3-11-6-4(8)2-10-7(5)6/h4-8H,2-3H2,1H3/t4-,5+,6-,7-,13?/m1/s1. The molecule has 2 saturated heterocycles. The molecule has 76 valence electrons. The largest absolute Gasteiger partial charge is 0.388 e. The van der Waals surface area contributed by atoms with Gasteiger partial charge in [0.25, 0.3) is 0 Å². The van der Waals surface area contributed by atoms with Gasteiger partial charge in [-0.15, -0.1) is 0 Å². The Kier molecular flexibility index (Phi) is 2.66. The van der Waals surface area contributed by atoms with E-state index in [9.17, 15) is 9.32 Å². The fraction of sp³-hybridized carbons (Fsp3) is 1.00. The lowest BCUT2D eigenvalue weighted by molar-refractivity contribution is 0.0109. The fourth-order valence-electron chi connectivity index (χ4n) is 1.70. The van der Waals surface area contributed by atoms with Crippen LogP contribution >= 0.6 is 0 Å². The Morgan fingerprint density at radius 1 is 1.38 bits per heavy atom. The summed E-state index contributed by atoms with van der Waals surface area (Å²) in [5, 5.41) is 9.37. The molecule has 0 aromatic heterocycles. The Bertz CT molecular complexity index is 221. The van der Waals surface area contributed by atoms with Gasteiger partial charge in [0.05, 0.1) is 13.2 Å².